The molecule has 23 heavy (non-hydrogen) atoms. The lowest BCUT2D eigenvalue weighted by atomic mass is 9.99. The van der Waals surface area contributed by atoms with Gasteiger partial charge in [-0.05, 0) is 63.0 Å². The van der Waals surface area contributed by atoms with Gasteiger partial charge in [0.2, 0.25) is 5.89 Å². The molecule has 1 aliphatic heterocycles. The van der Waals surface area contributed by atoms with Crippen LogP contribution in [0, 0.1) is 12.8 Å². The van der Waals surface area contributed by atoms with Crippen LogP contribution < -0.4 is 0 Å². The standard InChI is InChI=1S/C18H22N2O3/c1-12-7-9-20(10-8-12)11-16-13(2)23-17(19-16)14-3-5-15(6-4-14)18(21)22/h3-6,12H,7-11H2,1-2H3,(H,21,22). The molecular formula is C18H22N2O3. The summed E-state index contributed by atoms with van der Waals surface area (Å²) in [6.07, 6.45) is 2.47. The maximum atomic E-state index is 10.9. The lowest BCUT2D eigenvalue weighted by molar-refractivity contribution is 0.0697. The lowest BCUT2D eigenvalue weighted by Crippen LogP contribution is -2.32. The van der Waals surface area contributed by atoms with Crippen molar-refractivity contribution in [3.05, 3.63) is 41.3 Å². The first-order valence-corrected chi connectivity index (χ1v) is 8.05. The number of benzene rings is 1. The molecule has 0 aliphatic carbocycles. The number of aryl methyl sites for hydroxylation is 1. The second kappa shape index (κ2) is 6.54. The van der Waals surface area contributed by atoms with E-state index in [-0.39, 0.29) is 5.56 Å². The second-order valence-electron chi connectivity index (χ2n) is 6.36. The van der Waals surface area contributed by atoms with Gasteiger partial charge < -0.3 is 9.52 Å². The highest BCUT2D eigenvalue weighted by Gasteiger charge is 2.19. The molecule has 1 aliphatic rings. The molecule has 1 aromatic carbocycles. The number of carbonyl (C=O) groups is 1. The number of piperidine rings is 1. The summed E-state index contributed by atoms with van der Waals surface area (Å²) in [7, 11) is 0. The summed E-state index contributed by atoms with van der Waals surface area (Å²) in [4.78, 5) is 17.9. The van der Waals surface area contributed by atoms with E-state index in [1.165, 1.54) is 12.8 Å². The molecule has 2 aromatic rings. The van der Waals surface area contributed by atoms with Crippen molar-refractivity contribution in [2.24, 2.45) is 5.92 Å². The molecule has 122 valence electrons. The Morgan fingerprint density at radius 3 is 2.57 bits per heavy atom. The number of hydrogen-bond donors (Lipinski definition) is 1. The zero-order valence-electron chi connectivity index (χ0n) is 13.6. The van der Waals surface area contributed by atoms with Crippen molar-refractivity contribution in [3.8, 4) is 11.5 Å². The zero-order chi connectivity index (χ0) is 16.4. The van der Waals surface area contributed by atoms with Crippen molar-refractivity contribution in [2.45, 2.75) is 33.2 Å². The Balaban J connectivity index is 1.74. The van der Waals surface area contributed by atoms with Gasteiger partial charge in [-0.2, -0.15) is 0 Å². The highest BCUT2D eigenvalue weighted by atomic mass is 16.4. The molecule has 2 heterocycles. The third kappa shape index (κ3) is 3.62. The topological polar surface area (TPSA) is 66.6 Å². The Morgan fingerprint density at radius 1 is 1.30 bits per heavy atom. The molecule has 5 heteroatoms. The number of aromatic carboxylic acids is 1. The molecule has 0 saturated carbocycles. The fraction of sp³-hybridized carbons (Fsp3) is 0.444. The Labute approximate surface area is 135 Å². The van der Waals surface area contributed by atoms with Crippen molar-refractivity contribution in [1.29, 1.82) is 0 Å². The average Bonchev–Trinajstić information content (AvgIpc) is 2.91. The van der Waals surface area contributed by atoms with E-state index in [4.69, 9.17) is 9.52 Å². The highest BCUT2D eigenvalue weighted by Crippen LogP contribution is 2.24. The van der Waals surface area contributed by atoms with Gasteiger partial charge in [-0.3, -0.25) is 4.90 Å². The number of aromatic nitrogens is 1. The molecule has 1 N–H and O–H groups in total. The van der Waals surface area contributed by atoms with Crippen LogP contribution in [-0.4, -0.2) is 34.0 Å². The molecule has 0 atom stereocenters. The molecule has 1 saturated heterocycles. The van der Waals surface area contributed by atoms with Crippen LogP contribution in [0.4, 0.5) is 0 Å². The molecule has 5 nitrogen and oxygen atoms in total. The Morgan fingerprint density at radius 2 is 1.96 bits per heavy atom. The van der Waals surface area contributed by atoms with Gasteiger partial charge >= 0.3 is 5.97 Å². The Kier molecular flexibility index (Phi) is 4.48. The summed E-state index contributed by atoms with van der Waals surface area (Å²) in [6.45, 7) is 7.27. The van der Waals surface area contributed by atoms with Crippen molar-refractivity contribution in [2.75, 3.05) is 13.1 Å². The third-order valence-electron chi connectivity index (χ3n) is 4.52. The van der Waals surface area contributed by atoms with Crippen molar-refractivity contribution in [3.63, 3.8) is 0 Å². The predicted octanol–water partition coefficient (Wildman–Crippen LogP) is 3.58. The molecule has 0 unspecified atom stereocenters. The first kappa shape index (κ1) is 15.7. The quantitative estimate of drug-likeness (QED) is 0.934. The van der Waals surface area contributed by atoms with Crippen LogP contribution in [0.2, 0.25) is 0 Å². The SMILES string of the molecule is Cc1oc(-c2ccc(C(=O)O)cc2)nc1CN1CCC(C)CC1. The predicted molar refractivity (Wildman–Crippen MR) is 87.3 cm³/mol. The van der Waals surface area contributed by atoms with E-state index in [9.17, 15) is 4.79 Å². The average molecular weight is 314 g/mol. The smallest absolute Gasteiger partial charge is 0.335 e. The first-order valence-electron chi connectivity index (χ1n) is 8.05. The maximum Gasteiger partial charge on any atom is 0.335 e. The van der Waals surface area contributed by atoms with Gasteiger partial charge in [0.15, 0.2) is 0 Å². The number of rotatable bonds is 4. The van der Waals surface area contributed by atoms with Crippen molar-refractivity contribution < 1.29 is 14.3 Å². The molecule has 1 aromatic heterocycles. The van der Waals surface area contributed by atoms with Crippen molar-refractivity contribution >= 4 is 5.97 Å². The van der Waals surface area contributed by atoms with E-state index in [0.29, 0.717) is 5.89 Å². The third-order valence-corrected chi connectivity index (χ3v) is 4.52. The minimum absolute atomic E-state index is 0.264. The van der Waals surface area contributed by atoms with Gasteiger partial charge in [-0.25, -0.2) is 9.78 Å². The van der Waals surface area contributed by atoms with Crippen LogP contribution in [0.15, 0.2) is 28.7 Å². The van der Waals surface area contributed by atoms with E-state index in [2.05, 4.69) is 16.8 Å². The summed E-state index contributed by atoms with van der Waals surface area (Å²) < 4.78 is 5.78. The maximum absolute atomic E-state index is 10.9. The van der Waals surface area contributed by atoms with Crippen LogP contribution in [0.5, 0.6) is 0 Å². The number of carboxylic acids is 1. The molecule has 0 bridgehead atoms. The molecule has 0 radical (unpaired) electrons. The normalized spacial score (nSPS) is 16.6. The number of carboxylic acid groups (broad SMARTS) is 1. The van der Waals surface area contributed by atoms with Gasteiger partial charge in [0.1, 0.15) is 5.76 Å². The number of likely N-dealkylation sites (tertiary alicyclic amines) is 1. The second-order valence-corrected chi connectivity index (χ2v) is 6.36. The van der Waals surface area contributed by atoms with E-state index in [1.54, 1.807) is 24.3 Å². The lowest BCUT2D eigenvalue weighted by Gasteiger charge is -2.29. The van der Waals surface area contributed by atoms with Crippen LogP contribution in [0.3, 0.4) is 0 Å². The fourth-order valence-electron chi connectivity index (χ4n) is 2.89. The van der Waals surface area contributed by atoms with E-state index in [1.807, 2.05) is 6.92 Å². The van der Waals surface area contributed by atoms with Gasteiger partial charge in [-0.1, -0.05) is 6.92 Å². The minimum Gasteiger partial charge on any atom is -0.478 e. The van der Waals surface area contributed by atoms with Gasteiger partial charge in [-0.15, -0.1) is 0 Å². The summed E-state index contributed by atoms with van der Waals surface area (Å²) in [6, 6.07) is 6.62. The van der Waals surface area contributed by atoms with Gasteiger partial charge in [0.25, 0.3) is 0 Å². The van der Waals surface area contributed by atoms with Gasteiger partial charge in [0.05, 0.1) is 11.3 Å². The van der Waals surface area contributed by atoms with Gasteiger partial charge in [0, 0.05) is 12.1 Å². The largest absolute Gasteiger partial charge is 0.478 e. The van der Waals surface area contributed by atoms with Crippen LogP contribution in [0.1, 0.15) is 41.6 Å². The number of oxazole rings is 1. The summed E-state index contributed by atoms with van der Waals surface area (Å²) >= 11 is 0. The summed E-state index contributed by atoms with van der Waals surface area (Å²) in [5, 5.41) is 8.95. The fourth-order valence-corrected chi connectivity index (χ4v) is 2.89. The van der Waals surface area contributed by atoms with Crippen molar-refractivity contribution in [1.82, 2.24) is 9.88 Å². The highest BCUT2D eigenvalue weighted by molar-refractivity contribution is 5.88. The zero-order valence-corrected chi connectivity index (χ0v) is 13.6. The Bertz CT molecular complexity index is 683. The summed E-state index contributed by atoms with van der Waals surface area (Å²) in [5.74, 6) is 1.27. The molecule has 0 spiro atoms. The molecule has 3 rings (SSSR count). The molecule has 1 fully saturated rings. The minimum atomic E-state index is -0.930. The van der Waals surface area contributed by atoms with E-state index >= 15 is 0 Å². The Hall–Kier alpha value is -2.14. The monoisotopic (exact) mass is 314 g/mol. The van der Waals surface area contributed by atoms with Crippen LogP contribution in [-0.2, 0) is 6.54 Å². The number of hydrogen-bond acceptors (Lipinski definition) is 4. The van der Waals surface area contributed by atoms with Crippen LogP contribution in [0.25, 0.3) is 11.5 Å². The van der Waals surface area contributed by atoms with Crippen LogP contribution >= 0.6 is 0 Å². The van der Waals surface area contributed by atoms with E-state index in [0.717, 1.165) is 42.6 Å². The first-order chi connectivity index (χ1) is 11.0. The van der Waals surface area contributed by atoms with E-state index < -0.39 is 5.97 Å². The molecule has 0 amide bonds. The number of nitrogens with zero attached hydrogens (tertiary/aromatic N) is 2. The summed E-state index contributed by atoms with van der Waals surface area (Å²) in [5.41, 5.74) is 2.04. The molecular weight excluding hydrogens is 292 g/mol.